The lowest BCUT2D eigenvalue weighted by Crippen LogP contribution is -2.17. The van der Waals surface area contributed by atoms with Crippen LogP contribution in [0.5, 0.6) is 0 Å². The van der Waals surface area contributed by atoms with Crippen molar-refractivity contribution in [1.29, 1.82) is 0 Å². The van der Waals surface area contributed by atoms with Crippen molar-refractivity contribution in [2.75, 3.05) is 0 Å². The van der Waals surface area contributed by atoms with Crippen LogP contribution < -0.4 is 5.43 Å². The minimum absolute atomic E-state index is 0.288. The fourth-order valence-corrected chi connectivity index (χ4v) is 1.84. The number of furan rings is 1. The lowest BCUT2D eigenvalue weighted by atomic mass is 10.2. The quantitative estimate of drug-likeness (QED) is 0.674. The number of amides is 1. The third kappa shape index (κ3) is 2.79. The third-order valence-electron chi connectivity index (χ3n) is 2.06. The number of rotatable bonds is 3. The maximum Gasteiger partial charge on any atom is 0.274 e. The Bertz CT molecular complexity index is 559. The molecular weight excluding hydrogens is 243 g/mol. The minimum atomic E-state index is -0.357. The van der Waals surface area contributed by atoms with E-state index in [-0.39, 0.29) is 11.0 Å². The van der Waals surface area contributed by atoms with Gasteiger partial charge < -0.3 is 4.42 Å². The van der Waals surface area contributed by atoms with Gasteiger partial charge in [-0.15, -0.1) is 11.3 Å². The standard InChI is InChI=1S/C11H9FN2O2S/c1-7-9(4-5-16-7)11(15)14-13-6-8-2-3-10(12)17-8/h2-6H,1H3,(H,14,15)/b13-6+. The van der Waals surface area contributed by atoms with E-state index < -0.39 is 0 Å². The van der Waals surface area contributed by atoms with Crippen LogP contribution >= 0.6 is 11.3 Å². The van der Waals surface area contributed by atoms with Crippen LogP contribution in [0.4, 0.5) is 4.39 Å². The van der Waals surface area contributed by atoms with Crippen LogP contribution in [-0.2, 0) is 0 Å². The first-order chi connectivity index (χ1) is 8.16. The average Bonchev–Trinajstić information content (AvgIpc) is 2.87. The van der Waals surface area contributed by atoms with Crippen LogP contribution in [0, 0.1) is 12.1 Å². The Morgan fingerprint density at radius 2 is 2.35 bits per heavy atom. The van der Waals surface area contributed by atoms with E-state index in [9.17, 15) is 9.18 Å². The first kappa shape index (κ1) is 11.5. The highest BCUT2D eigenvalue weighted by Gasteiger charge is 2.09. The molecule has 6 heteroatoms. The van der Waals surface area contributed by atoms with Crippen LogP contribution in [0.3, 0.4) is 0 Å². The van der Waals surface area contributed by atoms with Gasteiger partial charge in [0.05, 0.1) is 22.9 Å². The van der Waals surface area contributed by atoms with Gasteiger partial charge in [0.1, 0.15) is 5.76 Å². The molecule has 0 aliphatic rings. The molecular formula is C11H9FN2O2S. The van der Waals surface area contributed by atoms with Gasteiger partial charge in [-0.3, -0.25) is 4.79 Å². The van der Waals surface area contributed by atoms with Crippen molar-refractivity contribution in [2.24, 2.45) is 5.10 Å². The zero-order valence-electron chi connectivity index (χ0n) is 8.94. The van der Waals surface area contributed by atoms with Gasteiger partial charge in [0.15, 0.2) is 5.13 Å². The number of nitrogens with zero attached hydrogens (tertiary/aromatic N) is 1. The molecule has 0 aliphatic heterocycles. The first-order valence-electron chi connectivity index (χ1n) is 4.79. The van der Waals surface area contributed by atoms with Crippen molar-refractivity contribution >= 4 is 23.5 Å². The Morgan fingerprint density at radius 1 is 1.53 bits per heavy atom. The fraction of sp³-hybridized carbons (Fsp3) is 0.0909. The summed E-state index contributed by atoms with van der Waals surface area (Å²) in [7, 11) is 0. The monoisotopic (exact) mass is 252 g/mol. The molecule has 4 nitrogen and oxygen atoms in total. The van der Waals surface area contributed by atoms with E-state index in [1.807, 2.05) is 0 Å². The highest BCUT2D eigenvalue weighted by atomic mass is 32.1. The maximum absolute atomic E-state index is 12.6. The first-order valence-corrected chi connectivity index (χ1v) is 5.61. The molecule has 0 aliphatic carbocycles. The normalized spacial score (nSPS) is 10.9. The second-order valence-electron chi connectivity index (χ2n) is 3.23. The number of thiophene rings is 1. The number of nitrogens with one attached hydrogen (secondary N) is 1. The number of carbonyl (C=O) groups is 1. The highest BCUT2D eigenvalue weighted by Crippen LogP contribution is 2.11. The second-order valence-corrected chi connectivity index (χ2v) is 4.30. The summed E-state index contributed by atoms with van der Waals surface area (Å²) in [6.45, 7) is 1.69. The lowest BCUT2D eigenvalue weighted by molar-refractivity contribution is 0.0953. The van der Waals surface area contributed by atoms with Crippen molar-refractivity contribution in [3.63, 3.8) is 0 Å². The average molecular weight is 252 g/mol. The second kappa shape index (κ2) is 4.92. The van der Waals surface area contributed by atoms with E-state index in [0.29, 0.717) is 16.2 Å². The molecule has 1 amide bonds. The van der Waals surface area contributed by atoms with Gasteiger partial charge in [-0.2, -0.15) is 9.49 Å². The topological polar surface area (TPSA) is 54.6 Å². The Kier molecular flexibility index (Phi) is 3.34. The van der Waals surface area contributed by atoms with E-state index in [2.05, 4.69) is 10.5 Å². The van der Waals surface area contributed by atoms with Crippen LogP contribution in [0.25, 0.3) is 0 Å². The molecule has 2 rings (SSSR count). The molecule has 0 saturated heterocycles. The van der Waals surface area contributed by atoms with Gasteiger partial charge in [0.2, 0.25) is 0 Å². The van der Waals surface area contributed by atoms with E-state index in [0.717, 1.165) is 11.3 Å². The van der Waals surface area contributed by atoms with Gasteiger partial charge >= 0.3 is 0 Å². The number of carbonyl (C=O) groups excluding carboxylic acids is 1. The van der Waals surface area contributed by atoms with Crippen molar-refractivity contribution in [1.82, 2.24) is 5.43 Å². The zero-order valence-corrected chi connectivity index (χ0v) is 9.75. The van der Waals surface area contributed by atoms with E-state index in [4.69, 9.17) is 4.42 Å². The molecule has 1 N–H and O–H groups in total. The van der Waals surface area contributed by atoms with E-state index in [1.165, 1.54) is 18.5 Å². The largest absolute Gasteiger partial charge is 0.469 e. The highest BCUT2D eigenvalue weighted by molar-refractivity contribution is 7.12. The van der Waals surface area contributed by atoms with Crippen molar-refractivity contribution in [3.8, 4) is 0 Å². The molecule has 0 radical (unpaired) electrons. The van der Waals surface area contributed by atoms with Crippen LogP contribution in [0.15, 0.2) is 34.0 Å². The predicted octanol–water partition coefficient (Wildman–Crippen LogP) is 2.55. The third-order valence-corrected chi connectivity index (χ3v) is 2.86. The molecule has 88 valence electrons. The van der Waals surface area contributed by atoms with Crippen LogP contribution in [-0.4, -0.2) is 12.1 Å². The molecule has 0 bridgehead atoms. The SMILES string of the molecule is Cc1occc1C(=O)N/N=C/c1ccc(F)s1. The van der Waals surface area contributed by atoms with Crippen molar-refractivity contribution in [3.05, 3.63) is 45.8 Å². The Hall–Kier alpha value is -1.95. The summed E-state index contributed by atoms with van der Waals surface area (Å²) in [5.41, 5.74) is 2.77. The maximum atomic E-state index is 12.6. The Morgan fingerprint density at radius 3 is 2.94 bits per heavy atom. The number of hydrogen-bond donors (Lipinski definition) is 1. The van der Waals surface area contributed by atoms with Gasteiger partial charge in [-0.05, 0) is 25.1 Å². The molecule has 2 aromatic heterocycles. The minimum Gasteiger partial charge on any atom is -0.469 e. The summed E-state index contributed by atoms with van der Waals surface area (Å²) in [6, 6.07) is 4.48. The molecule has 2 aromatic rings. The molecule has 0 aromatic carbocycles. The molecule has 0 atom stereocenters. The van der Waals surface area contributed by atoms with Crippen molar-refractivity contribution in [2.45, 2.75) is 6.92 Å². The number of hydrazone groups is 1. The van der Waals surface area contributed by atoms with Gasteiger partial charge in [-0.25, -0.2) is 5.43 Å². The summed E-state index contributed by atoms with van der Waals surface area (Å²) >= 11 is 0.954. The molecule has 0 saturated carbocycles. The Balaban J connectivity index is 1.97. The predicted molar refractivity (Wildman–Crippen MR) is 62.8 cm³/mol. The van der Waals surface area contributed by atoms with Crippen LogP contribution in [0.2, 0.25) is 0 Å². The lowest BCUT2D eigenvalue weighted by Gasteiger charge is -1.96. The molecule has 0 fully saturated rings. The summed E-state index contributed by atoms with van der Waals surface area (Å²) < 4.78 is 17.6. The molecule has 17 heavy (non-hydrogen) atoms. The van der Waals surface area contributed by atoms with Gasteiger partial charge in [0.25, 0.3) is 5.91 Å². The van der Waals surface area contributed by atoms with Gasteiger partial charge in [0, 0.05) is 0 Å². The van der Waals surface area contributed by atoms with E-state index >= 15 is 0 Å². The zero-order chi connectivity index (χ0) is 12.3. The van der Waals surface area contributed by atoms with E-state index in [1.54, 1.807) is 19.1 Å². The van der Waals surface area contributed by atoms with Crippen LogP contribution in [0.1, 0.15) is 21.0 Å². The Labute approximate surface area is 101 Å². The van der Waals surface area contributed by atoms with Crippen molar-refractivity contribution < 1.29 is 13.6 Å². The van der Waals surface area contributed by atoms with Gasteiger partial charge in [-0.1, -0.05) is 0 Å². The smallest absolute Gasteiger partial charge is 0.274 e. The molecule has 2 heterocycles. The molecule has 0 unspecified atom stereocenters. The molecule has 0 spiro atoms. The number of halogens is 1. The summed E-state index contributed by atoms with van der Waals surface area (Å²) in [5, 5.41) is 3.44. The number of hydrogen-bond acceptors (Lipinski definition) is 4. The summed E-state index contributed by atoms with van der Waals surface area (Å²) in [6.07, 6.45) is 2.82. The number of aryl methyl sites for hydroxylation is 1. The fourth-order valence-electron chi connectivity index (χ4n) is 1.23. The summed E-state index contributed by atoms with van der Waals surface area (Å²) in [5.74, 6) is 0.171. The summed E-state index contributed by atoms with van der Waals surface area (Å²) in [4.78, 5) is 12.2.